The standard InChI is InChI=1S/C14H15NO/c1-2-4-13(16)10-11-6-7-14-12(9-11)5-3-8-15-14/h2-3,5-9,13,16H,1,4,10H2. The van der Waals surface area contributed by atoms with E-state index in [0.717, 1.165) is 16.5 Å². The number of aliphatic hydroxyl groups excluding tert-OH is 1. The highest BCUT2D eigenvalue weighted by atomic mass is 16.3. The highest BCUT2D eigenvalue weighted by Crippen LogP contribution is 2.15. The fraction of sp³-hybridized carbons (Fsp3) is 0.214. The third-order valence-corrected chi connectivity index (χ3v) is 2.58. The molecule has 1 aromatic heterocycles. The minimum atomic E-state index is -0.341. The van der Waals surface area contributed by atoms with E-state index >= 15 is 0 Å². The zero-order chi connectivity index (χ0) is 11.4. The maximum atomic E-state index is 9.69. The van der Waals surface area contributed by atoms with Gasteiger partial charge in [-0.15, -0.1) is 6.58 Å². The molecule has 1 N–H and O–H groups in total. The minimum Gasteiger partial charge on any atom is -0.392 e. The van der Waals surface area contributed by atoms with Crippen LogP contribution in [-0.2, 0) is 6.42 Å². The van der Waals surface area contributed by atoms with Crippen molar-refractivity contribution in [3.8, 4) is 0 Å². The first-order chi connectivity index (χ1) is 7.79. The van der Waals surface area contributed by atoms with Crippen LogP contribution in [0.3, 0.4) is 0 Å². The number of rotatable bonds is 4. The third-order valence-electron chi connectivity index (χ3n) is 2.58. The van der Waals surface area contributed by atoms with E-state index in [-0.39, 0.29) is 6.10 Å². The van der Waals surface area contributed by atoms with Gasteiger partial charge in [-0.25, -0.2) is 0 Å². The van der Waals surface area contributed by atoms with Crippen LogP contribution in [0.4, 0.5) is 0 Å². The van der Waals surface area contributed by atoms with Crippen molar-refractivity contribution in [3.05, 3.63) is 54.7 Å². The molecule has 0 aliphatic heterocycles. The third kappa shape index (κ3) is 2.47. The summed E-state index contributed by atoms with van der Waals surface area (Å²) in [5.74, 6) is 0. The number of fused-ring (bicyclic) bond motifs is 1. The molecular weight excluding hydrogens is 198 g/mol. The monoisotopic (exact) mass is 213 g/mol. The average molecular weight is 213 g/mol. The van der Waals surface area contributed by atoms with E-state index < -0.39 is 0 Å². The summed E-state index contributed by atoms with van der Waals surface area (Å²) in [5, 5.41) is 10.8. The van der Waals surface area contributed by atoms with Crippen molar-refractivity contribution < 1.29 is 5.11 Å². The van der Waals surface area contributed by atoms with Gasteiger partial charge in [-0.1, -0.05) is 18.2 Å². The van der Waals surface area contributed by atoms with Crippen LogP contribution in [0.5, 0.6) is 0 Å². The molecule has 0 aliphatic carbocycles. The van der Waals surface area contributed by atoms with Gasteiger partial charge in [0.2, 0.25) is 0 Å². The lowest BCUT2D eigenvalue weighted by molar-refractivity contribution is 0.178. The van der Waals surface area contributed by atoms with Crippen molar-refractivity contribution in [2.24, 2.45) is 0 Å². The molecule has 1 heterocycles. The Hall–Kier alpha value is -1.67. The van der Waals surface area contributed by atoms with Gasteiger partial charge >= 0.3 is 0 Å². The van der Waals surface area contributed by atoms with Gasteiger partial charge in [0.15, 0.2) is 0 Å². The molecule has 1 aromatic carbocycles. The summed E-state index contributed by atoms with van der Waals surface area (Å²) in [6.45, 7) is 3.62. The number of aromatic nitrogens is 1. The Morgan fingerprint density at radius 3 is 3.06 bits per heavy atom. The molecule has 0 spiro atoms. The zero-order valence-corrected chi connectivity index (χ0v) is 9.13. The van der Waals surface area contributed by atoms with Crippen molar-refractivity contribution in [1.29, 1.82) is 0 Å². The lowest BCUT2D eigenvalue weighted by Gasteiger charge is -2.08. The van der Waals surface area contributed by atoms with E-state index in [1.54, 1.807) is 12.3 Å². The van der Waals surface area contributed by atoms with E-state index in [4.69, 9.17) is 0 Å². The molecule has 2 heteroatoms. The molecule has 1 unspecified atom stereocenters. The summed E-state index contributed by atoms with van der Waals surface area (Å²) in [5.41, 5.74) is 2.12. The fourth-order valence-electron chi connectivity index (χ4n) is 1.80. The van der Waals surface area contributed by atoms with Gasteiger partial charge in [0.05, 0.1) is 11.6 Å². The molecule has 82 valence electrons. The predicted molar refractivity (Wildman–Crippen MR) is 66.3 cm³/mol. The Labute approximate surface area is 95.3 Å². The number of benzene rings is 1. The molecule has 2 rings (SSSR count). The fourth-order valence-corrected chi connectivity index (χ4v) is 1.80. The average Bonchev–Trinajstić information content (AvgIpc) is 2.29. The first-order valence-electron chi connectivity index (χ1n) is 5.42. The first-order valence-corrected chi connectivity index (χ1v) is 5.42. The molecule has 0 saturated heterocycles. The van der Waals surface area contributed by atoms with Crippen LogP contribution in [0.2, 0.25) is 0 Å². The molecule has 2 aromatic rings. The second kappa shape index (κ2) is 4.90. The summed E-state index contributed by atoms with van der Waals surface area (Å²) in [6.07, 6.45) is 4.48. The number of hydrogen-bond donors (Lipinski definition) is 1. The lowest BCUT2D eigenvalue weighted by atomic mass is 10.0. The van der Waals surface area contributed by atoms with Crippen LogP contribution in [0, 0.1) is 0 Å². The maximum absolute atomic E-state index is 9.69. The van der Waals surface area contributed by atoms with Crippen LogP contribution in [0.25, 0.3) is 10.9 Å². The Balaban J connectivity index is 2.22. The van der Waals surface area contributed by atoms with Crippen LogP contribution in [0.15, 0.2) is 49.2 Å². The largest absolute Gasteiger partial charge is 0.392 e. The van der Waals surface area contributed by atoms with Crippen molar-refractivity contribution in [3.63, 3.8) is 0 Å². The van der Waals surface area contributed by atoms with Crippen LogP contribution in [0.1, 0.15) is 12.0 Å². The second-order valence-corrected chi connectivity index (χ2v) is 3.91. The van der Waals surface area contributed by atoms with Crippen molar-refractivity contribution in [2.45, 2.75) is 18.9 Å². The highest BCUT2D eigenvalue weighted by molar-refractivity contribution is 5.78. The van der Waals surface area contributed by atoms with Crippen molar-refractivity contribution >= 4 is 10.9 Å². The van der Waals surface area contributed by atoms with Crippen LogP contribution >= 0.6 is 0 Å². The summed E-state index contributed by atoms with van der Waals surface area (Å²) >= 11 is 0. The first kappa shape index (κ1) is 10.8. The molecular formula is C14H15NO. The van der Waals surface area contributed by atoms with Gasteiger partial charge in [0.1, 0.15) is 0 Å². The summed E-state index contributed by atoms with van der Waals surface area (Å²) in [4.78, 5) is 4.26. The maximum Gasteiger partial charge on any atom is 0.0702 e. The number of nitrogens with zero attached hydrogens (tertiary/aromatic N) is 1. The Morgan fingerprint density at radius 1 is 1.38 bits per heavy atom. The van der Waals surface area contributed by atoms with Gasteiger partial charge in [-0.2, -0.15) is 0 Å². The predicted octanol–water partition coefficient (Wildman–Crippen LogP) is 2.71. The van der Waals surface area contributed by atoms with E-state index in [2.05, 4.69) is 17.6 Å². The molecule has 1 atom stereocenters. The van der Waals surface area contributed by atoms with E-state index in [0.29, 0.717) is 12.8 Å². The minimum absolute atomic E-state index is 0.341. The molecule has 0 fully saturated rings. The Kier molecular flexibility index (Phi) is 3.32. The van der Waals surface area contributed by atoms with E-state index in [9.17, 15) is 5.11 Å². The lowest BCUT2D eigenvalue weighted by Crippen LogP contribution is -2.08. The molecule has 0 aliphatic rings. The summed E-state index contributed by atoms with van der Waals surface area (Å²) < 4.78 is 0. The smallest absolute Gasteiger partial charge is 0.0702 e. The van der Waals surface area contributed by atoms with Gasteiger partial charge in [0, 0.05) is 11.6 Å². The number of aliphatic hydroxyl groups is 1. The van der Waals surface area contributed by atoms with Gasteiger partial charge in [-0.3, -0.25) is 4.98 Å². The molecule has 0 saturated carbocycles. The van der Waals surface area contributed by atoms with Crippen molar-refractivity contribution in [2.75, 3.05) is 0 Å². The van der Waals surface area contributed by atoms with Gasteiger partial charge < -0.3 is 5.11 Å². The molecule has 2 nitrogen and oxygen atoms in total. The topological polar surface area (TPSA) is 33.1 Å². The number of pyridine rings is 1. The SMILES string of the molecule is C=CCC(O)Cc1ccc2ncccc2c1. The second-order valence-electron chi connectivity index (χ2n) is 3.91. The highest BCUT2D eigenvalue weighted by Gasteiger charge is 2.04. The molecule has 0 bridgehead atoms. The quantitative estimate of drug-likeness (QED) is 0.792. The van der Waals surface area contributed by atoms with Gasteiger partial charge in [0.25, 0.3) is 0 Å². The molecule has 0 amide bonds. The Morgan fingerprint density at radius 2 is 2.25 bits per heavy atom. The normalized spacial score (nSPS) is 12.6. The van der Waals surface area contributed by atoms with Crippen LogP contribution in [-0.4, -0.2) is 16.2 Å². The van der Waals surface area contributed by atoms with E-state index in [1.807, 2.05) is 24.3 Å². The van der Waals surface area contributed by atoms with E-state index in [1.165, 1.54) is 0 Å². The Bertz CT molecular complexity index is 493. The molecule has 0 radical (unpaired) electrons. The van der Waals surface area contributed by atoms with Crippen LogP contribution < -0.4 is 0 Å². The molecule has 16 heavy (non-hydrogen) atoms. The summed E-state index contributed by atoms with van der Waals surface area (Å²) in [7, 11) is 0. The number of hydrogen-bond acceptors (Lipinski definition) is 2. The van der Waals surface area contributed by atoms with Gasteiger partial charge in [-0.05, 0) is 36.6 Å². The van der Waals surface area contributed by atoms with Crippen molar-refractivity contribution in [1.82, 2.24) is 4.98 Å². The summed E-state index contributed by atoms with van der Waals surface area (Å²) in [6, 6.07) is 10.0. The zero-order valence-electron chi connectivity index (χ0n) is 9.13.